The maximum Gasteiger partial charge on any atom is 0.129 e. The average Bonchev–Trinajstić information content (AvgIpc) is 2.31. The van der Waals surface area contributed by atoms with Crippen molar-refractivity contribution in [2.24, 2.45) is 0 Å². The highest BCUT2D eigenvalue weighted by molar-refractivity contribution is 5.35. The minimum atomic E-state index is -0.974. The second-order valence-electron chi connectivity index (χ2n) is 4.55. The summed E-state index contributed by atoms with van der Waals surface area (Å²) in [6.07, 6.45) is -0.974. The minimum absolute atomic E-state index is 0.295. The summed E-state index contributed by atoms with van der Waals surface area (Å²) in [7, 11) is 0. The lowest BCUT2D eigenvalue weighted by Gasteiger charge is -2.15. The third-order valence-corrected chi connectivity index (χ3v) is 3.01. The Kier molecular flexibility index (Phi) is 3.43. The van der Waals surface area contributed by atoms with Crippen molar-refractivity contribution < 1.29 is 9.50 Å². The Labute approximate surface area is 106 Å². The van der Waals surface area contributed by atoms with E-state index in [9.17, 15) is 9.50 Å². The van der Waals surface area contributed by atoms with Crippen molar-refractivity contribution in [1.82, 2.24) is 4.98 Å². The minimum Gasteiger partial charge on any atom is -0.383 e. The number of aryl methyl sites for hydroxylation is 3. The Bertz CT molecular complexity index is 581. The molecule has 94 valence electrons. The molecule has 3 heteroatoms. The van der Waals surface area contributed by atoms with Crippen molar-refractivity contribution in [3.8, 4) is 0 Å². The first-order valence-electron chi connectivity index (χ1n) is 5.87. The van der Waals surface area contributed by atoms with Gasteiger partial charge in [0.15, 0.2) is 0 Å². The second-order valence-corrected chi connectivity index (χ2v) is 4.55. The van der Waals surface area contributed by atoms with Gasteiger partial charge in [-0.1, -0.05) is 23.8 Å². The number of rotatable bonds is 2. The summed E-state index contributed by atoms with van der Waals surface area (Å²) >= 11 is 0. The average molecular weight is 245 g/mol. The molecule has 1 aromatic carbocycles. The molecule has 0 aliphatic heterocycles. The third-order valence-electron chi connectivity index (χ3n) is 3.01. The molecule has 0 bridgehead atoms. The van der Waals surface area contributed by atoms with Gasteiger partial charge in [0.25, 0.3) is 0 Å². The van der Waals surface area contributed by atoms with Crippen LogP contribution in [0, 0.1) is 26.6 Å². The molecule has 2 aromatic rings. The first kappa shape index (κ1) is 12.7. The number of nitrogens with zero attached hydrogens (tertiary/aromatic N) is 1. The Morgan fingerprint density at radius 3 is 2.44 bits per heavy atom. The Hall–Kier alpha value is -1.74. The molecular weight excluding hydrogens is 229 g/mol. The van der Waals surface area contributed by atoms with Crippen molar-refractivity contribution in [3.05, 3.63) is 64.2 Å². The molecule has 1 aromatic heterocycles. The van der Waals surface area contributed by atoms with Crippen LogP contribution in [0.1, 0.15) is 34.2 Å². The molecule has 18 heavy (non-hydrogen) atoms. The van der Waals surface area contributed by atoms with Gasteiger partial charge < -0.3 is 5.11 Å². The van der Waals surface area contributed by atoms with Gasteiger partial charge in [-0.25, -0.2) is 4.39 Å². The lowest BCUT2D eigenvalue weighted by atomic mass is 9.98. The number of benzene rings is 1. The molecule has 2 rings (SSSR count). The van der Waals surface area contributed by atoms with Crippen molar-refractivity contribution in [3.63, 3.8) is 0 Å². The van der Waals surface area contributed by atoms with Crippen LogP contribution in [0.2, 0.25) is 0 Å². The van der Waals surface area contributed by atoms with Crippen LogP contribution in [0.5, 0.6) is 0 Å². The van der Waals surface area contributed by atoms with Crippen LogP contribution in [0.15, 0.2) is 30.3 Å². The lowest BCUT2D eigenvalue weighted by molar-refractivity contribution is 0.213. The molecule has 1 N–H and O–H groups in total. The van der Waals surface area contributed by atoms with Crippen LogP contribution >= 0.6 is 0 Å². The topological polar surface area (TPSA) is 33.1 Å². The van der Waals surface area contributed by atoms with Gasteiger partial charge in [0.2, 0.25) is 0 Å². The van der Waals surface area contributed by atoms with Gasteiger partial charge in [-0.2, -0.15) is 0 Å². The molecule has 0 aliphatic carbocycles. The fourth-order valence-electron chi connectivity index (χ4n) is 2.03. The van der Waals surface area contributed by atoms with E-state index < -0.39 is 11.9 Å². The molecule has 2 nitrogen and oxygen atoms in total. The molecule has 1 unspecified atom stereocenters. The molecule has 0 saturated carbocycles. The summed E-state index contributed by atoms with van der Waals surface area (Å²) < 4.78 is 13.7. The highest BCUT2D eigenvalue weighted by Gasteiger charge is 2.17. The largest absolute Gasteiger partial charge is 0.383 e. The monoisotopic (exact) mass is 245 g/mol. The second kappa shape index (κ2) is 4.86. The van der Waals surface area contributed by atoms with Crippen LogP contribution < -0.4 is 0 Å². The van der Waals surface area contributed by atoms with E-state index in [0.717, 1.165) is 17.0 Å². The number of aliphatic hydroxyl groups excluding tert-OH is 1. The van der Waals surface area contributed by atoms with Gasteiger partial charge in [0, 0.05) is 22.5 Å². The van der Waals surface area contributed by atoms with Gasteiger partial charge in [-0.3, -0.25) is 4.98 Å². The highest BCUT2D eigenvalue weighted by Crippen LogP contribution is 2.26. The van der Waals surface area contributed by atoms with Crippen LogP contribution in [-0.2, 0) is 0 Å². The molecule has 1 heterocycles. The molecular formula is C15H16FNO. The first-order valence-corrected chi connectivity index (χ1v) is 5.87. The summed E-state index contributed by atoms with van der Waals surface area (Å²) in [5, 5.41) is 10.3. The quantitative estimate of drug-likeness (QED) is 0.881. The number of hydrogen-bond donors (Lipinski definition) is 1. The first-order chi connectivity index (χ1) is 8.49. The predicted octanol–water partition coefficient (Wildman–Crippen LogP) is 3.23. The van der Waals surface area contributed by atoms with Crippen LogP contribution in [0.4, 0.5) is 4.39 Å². The number of aliphatic hydroxyl groups is 1. The van der Waals surface area contributed by atoms with Gasteiger partial charge in [-0.05, 0) is 32.9 Å². The predicted molar refractivity (Wildman–Crippen MR) is 68.9 cm³/mol. The van der Waals surface area contributed by atoms with Crippen molar-refractivity contribution >= 4 is 0 Å². The lowest BCUT2D eigenvalue weighted by Crippen LogP contribution is -2.06. The van der Waals surface area contributed by atoms with Gasteiger partial charge in [0.1, 0.15) is 11.9 Å². The normalized spacial score (nSPS) is 12.5. The van der Waals surface area contributed by atoms with E-state index in [1.807, 2.05) is 26.8 Å². The van der Waals surface area contributed by atoms with E-state index in [4.69, 9.17) is 0 Å². The van der Waals surface area contributed by atoms with Crippen LogP contribution in [-0.4, -0.2) is 10.1 Å². The van der Waals surface area contributed by atoms with E-state index in [1.54, 1.807) is 18.2 Å². The van der Waals surface area contributed by atoms with E-state index in [2.05, 4.69) is 4.98 Å². The third kappa shape index (κ3) is 2.41. The number of halogens is 1. The van der Waals surface area contributed by atoms with Crippen molar-refractivity contribution in [2.75, 3.05) is 0 Å². The van der Waals surface area contributed by atoms with E-state index in [-0.39, 0.29) is 0 Å². The Balaban J connectivity index is 2.47. The highest BCUT2D eigenvalue weighted by atomic mass is 19.1. The molecule has 0 amide bonds. The van der Waals surface area contributed by atoms with E-state index in [0.29, 0.717) is 11.1 Å². The zero-order valence-electron chi connectivity index (χ0n) is 10.7. The molecule has 1 atom stereocenters. The summed E-state index contributed by atoms with van der Waals surface area (Å²) in [6, 6.07) is 8.35. The fourth-order valence-corrected chi connectivity index (χ4v) is 2.03. The summed E-state index contributed by atoms with van der Waals surface area (Å²) in [5.74, 6) is -0.395. The van der Waals surface area contributed by atoms with E-state index in [1.165, 1.54) is 6.07 Å². The SMILES string of the molecule is Cc1ccc(F)c(C(O)c2ccc(C)nc2C)c1. The maximum atomic E-state index is 13.7. The fraction of sp³-hybridized carbons (Fsp3) is 0.267. The van der Waals surface area contributed by atoms with E-state index >= 15 is 0 Å². The summed E-state index contributed by atoms with van der Waals surface area (Å²) in [5.41, 5.74) is 3.47. The van der Waals surface area contributed by atoms with Gasteiger partial charge in [-0.15, -0.1) is 0 Å². The smallest absolute Gasteiger partial charge is 0.129 e. The maximum absolute atomic E-state index is 13.7. The number of hydrogen-bond acceptors (Lipinski definition) is 2. The molecule has 0 saturated heterocycles. The van der Waals surface area contributed by atoms with Crippen molar-refractivity contribution in [1.29, 1.82) is 0 Å². The summed E-state index contributed by atoms with van der Waals surface area (Å²) in [6.45, 7) is 5.57. The van der Waals surface area contributed by atoms with Gasteiger partial charge >= 0.3 is 0 Å². The zero-order chi connectivity index (χ0) is 13.3. The number of aromatic nitrogens is 1. The Morgan fingerprint density at radius 2 is 1.78 bits per heavy atom. The molecule has 0 aliphatic rings. The Morgan fingerprint density at radius 1 is 1.06 bits per heavy atom. The molecule has 0 radical (unpaired) electrons. The van der Waals surface area contributed by atoms with Gasteiger partial charge in [0.05, 0.1) is 0 Å². The van der Waals surface area contributed by atoms with Crippen LogP contribution in [0.3, 0.4) is 0 Å². The standard InChI is InChI=1S/C15H16FNO/c1-9-4-7-14(16)13(8-9)15(18)12-6-5-10(2)17-11(12)3/h4-8,15,18H,1-3H3. The molecule has 0 spiro atoms. The number of pyridine rings is 1. The molecule has 0 fully saturated rings. The van der Waals surface area contributed by atoms with Crippen molar-refractivity contribution in [2.45, 2.75) is 26.9 Å². The van der Waals surface area contributed by atoms with Crippen LogP contribution in [0.25, 0.3) is 0 Å². The summed E-state index contributed by atoms with van der Waals surface area (Å²) in [4.78, 5) is 4.29. The zero-order valence-corrected chi connectivity index (χ0v) is 10.7.